The number of phenols is 1. The van der Waals surface area contributed by atoms with Crippen molar-refractivity contribution in [3.63, 3.8) is 0 Å². The first-order valence-corrected chi connectivity index (χ1v) is 22.0. The molecule has 2 heteroatoms. The zero-order valence-corrected chi connectivity index (χ0v) is 35.5. The second-order valence-corrected chi connectivity index (χ2v) is 17.5. The molecule has 302 valence electrons. The van der Waals surface area contributed by atoms with Gasteiger partial charge in [0.25, 0.3) is 0 Å². The van der Waals surface area contributed by atoms with Crippen LogP contribution < -0.4 is 5.32 Å². The highest BCUT2D eigenvalue weighted by atomic mass is 16.3. The number of allylic oxidation sites excluding steroid dienone is 4. The van der Waals surface area contributed by atoms with Crippen molar-refractivity contribution in [2.24, 2.45) is 0 Å². The number of rotatable bonds is 8. The number of fused-ring (bicyclic) bond motifs is 4. The van der Waals surface area contributed by atoms with Crippen LogP contribution in [0.1, 0.15) is 42.9 Å². The van der Waals surface area contributed by atoms with Gasteiger partial charge in [0.15, 0.2) is 0 Å². The molecule has 0 radical (unpaired) electrons. The molecule has 0 saturated heterocycles. The van der Waals surface area contributed by atoms with Gasteiger partial charge in [0.05, 0.1) is 0 Å². The van der Waals surface area contributed by atoms with E-state index in [1.165, 1.54) is 55.3 Å². The van der Waals surface area contributed by atoms with Gasteiger partial charge in [-0.25, -0.2) is 0 Å². The maximum absolute atomic E-state index is 10.6. The topological polar surface area (TPSA) is 32.3 Å². The lowest BCUT2D eigenvalue weighted by molar-refractivity contribution is 0.477. The SMILES string of the molecule is CC1(C)C2=CC(c3ccc4ccccc4c3)CC=C2c2ccc(Nc3ccccc3-c3ccc(-c4ccccc4)cc3-c3ccc(-c4cccc(-c5ccccc5O)c4)cc3)cc21. The number of para-hydroxylation sites is 2. The lowest BCUT2D eigenvalue weighted by Crippen LogP contribution is -2.17. The molecule has 0 fully saturated rings. The fraction of sp³-hybridized carbons (Fsp3) is 0.0820. The van der Waals surface area contributed by atoms with E-state index in [1.807, 2.05) is 24.3 Å². The molecule has 0 heterocycles. The van der Waals surface area contributed by atoms with Crippen molar-refractivity contribution in [3.8, 4) is 61.4 Å². The second kappa shape index (κ2) is 15.7. The highest BCUT2D eigenvalue weighted by Gasteiger charge is 2.40. The Labute approximate surface area is 370 Å². The molecule has 63 heavy (non-hydrogen) atoms. The molecule has 11 rings (SSSR count). The Hall–Kier alpha value is -7.68. The van der Waals surface area contributed by atoms with Gasteiger partial charge in [-0.2, -0.15) is 0 Å². The molecule has 2 nitrogen and oxygen atoms in total. The van der Waals surface area contributed by atoms with Crippen molar-refractivity contribution < 1.29 is 5.11 Å². The maximum Gasteiger partial charge on any atom is 0.123 e. The number of aromatic hydroxyl groups is 1. The number of phenolic OH excluding ortho intramolecular Hbond substituents is 1. The molecule has 0 bridgehead atoms. The first-order chi connectivity index (χ1) is 30.9. The predicted molar refractivity (Wildman–Crippen MR) is 265 cm³/mol. The normalized spacial score (nSPS) is 15.0. The molecular weight excluding hydrogens is 763 g/mol. The Kier molecular flexibility index (Phi) is 9.51. The molecule has 1 unspecified atom stereocenters. The molecule has 0 aliphatic heterocycles. The molecule has 2 N–H and O–H groups in total. The molecule has 9 aromatic carbocycles. The minimum Gasteiger partial charge on any atom is -0.507 e. The number of hydrogen-bond donors (Lipinski definition) is 2. The van der Waals surface area contributed by atoms with Gasteiger partial charge in [-0.1, -0.05) is 196 Å². The van der Waals surface area contributed by atoms with E-state index in [9.17, 15) is 5.11 Å². The number of hydrogen-bond acceptors (Lipinski definition) is 2. The van der Waals surface area contributed by atoms with Crippen molar-refractivity contribution in [3.05, 3.63) is 241 Å². The van der Waals surface area contributed by atoms with Crippen LogP contribution in [0.4, 0.5) is 11.4 Å². The summed E-state index contributed by atoms with van der Waals surface area (Å²) < 4.78 is 0. The Morgan fingerprint density at radius 3 is 1.95 bits per heavy atom. The molecule has 2 aliphatic carbocycles. The van der Waals surface area contributed by atoms with Gasteiger partial charge in [-0.3, -0.25) is 0 Å². The molecule has 2 aliphatic rings. The van der Waals surface area contributed by atoms with Gasteiger partial charge in [-0.15, -0.1) is 0 Å². The van der Waals surface area contributed by atoms with E-state index in [-0.39, 0.29) is 11.2 Å². The average Bonchev–Trinajstić information content (AvgIpc) is 3.56. The zero-order valence-electron chi connectivity index (χ0n) is 35.5. The minimum atomic E-state index is -0.134. The van der Waals surface area contributed by atoms with Gasteiger partial charge in [0.2, 0.25) is 0 Å². The molecule has 0 spiro atoms. The third kappa shape index (κ3) is 7.04. The van der Waals surface area contributed by atoms with E-state index in [1.54, 1.807) is 6.07 Å². The largest absolute Gasteiger partial charge is 0.507 e. The first-order valence-electron chi connectivity index (χ1n) is 22.0. The van der Waals surface area contributed by atoms with E-state index in [0.29, 0.717) is 5.92 Å². The van der Waals surface area contributed by atoms with Crippen LogP contribution in [0.2, 0.25) is 0 Å². The van der Waals surface area contributed by atoms with Gasteiger partial charge in [0.1, 0.15) is 5.75 Å². The summed E-state index contributed by atoms with van der Waals surface area (Å²) in [5, 5.41) is 17.0. The fourth-order valence-electron chi connectivity index (χ4n) is 9.94. The summed E-state index contributed by atoms with van der Waals surface area (Å²) in [6.45, 7) is 4.77. The molecule has 9 aromatic rings. The predicted octanol–water partition coefficient (Wildman–Crippen LogP) is 16.4. The number of nitrogens with one attached hydrogen (secondary N) is 1. The fourth-order valence-corrected chi connectivity index (χ4v) is 9.94. The van der Waals surface area contributed by atoms with Crippen LogP contribution in [0.3, 0.4) is 0 Å². The van der Waals surface area contributed by atoms with Crippen molar-refractivity contribution >= 4 is 27.7 Å². The summed E-state index contributed by atoms with van der Waals surface area (Å²) in [5.41, 5.74) is 19.9. The van der Waals surface area contributed by atoms with Gasteiger partial charge in [0, 0.05) is 33.8 Å². The smallest absolute Gasteiger partial charge is 0.123 e. The van der Waals surface area contributed by atoms with Crippen LogP contribution in [-0.4, -0.2) is 5.11 Å². The third-order valence-electron chi connectivity index (χ3n) is 13.3. The minimum absolute atomic E-state index is 0.134. The number of benzene rings is 9. The summed E-state index contributed by atoms with van der Waals surface area (Å²) in [7, 11) is 0. The van der Waals surface area contributed by atoms with E-state index in [0.717, 1.165) is 56.7 Å². The Morgan fingerprint density at radius 2 is 1.11 bits per heavy atom. The average molecular weight is 810 g/mol. The maximum atomic E-state index is 10.6. The van der Waals surface area contributed by atoms with Crippen LogP contribution in [0.5, 0.6) is 5.75 Å². The van der Waals surface area contributed by atoms with Crippen molar-refractivity contribution in [1.29, 1.82) is 0 Å². The Morgan fingerprint density at radius 1 is 0.460 bits per heavy atom. The number of anilines is 2. The summed E-state index contributed by atoms with van der Waals surface area (Å²) >= 11 is 0. The van der Waals surface area contributed by atoms with Crippen molar-refractivity contribution in [2.75, 3.05) is 5.32 Å². The molecule has 0 saturated carbocycles. The molecule has 0 aromatic heterocycles. The Balaban J connectivity index is 0.929. The third-order valence-corrected chi connectivity index (χ3v) is 13.3. The van der Waals surface area contributed by atoms with E-state index in [4.69, 9.17) is 0 Å². The monoisotopic (exact) mass is 809 g/mol. The Bertz CT molecular complexity index is 3260. The summed E-state index contributed by atoms with van der Waals surface area (Å²) in [4.78, 5) is 0. The molecule has 0 amide bonds. The second-order valence-electron chi connectivity index (χ2n) is 17.5. The van der Waals surface area contributed by atoms with Crippen LogP contribution >= 0.6 is 0 Å². The van der Waals surface area contributed by atoms with Crippen LogP contribution in [0.15, 0.2) is 224 Å². The van der Waals surface area contributed by atoms with Gasteiger partial charge < -0.3 is 10.4 Å². The van der Waals surface area contributed by atoms with Crippen LogP contribution in [-0.2, 0) is 5.41 Å². The van der Waals surface area contributed by atoms with Crippen molar-refractivity contribution in [2.45, 2.75) is 31.6 Å². The summed E-state index contributed by atoms with van der Waals surface area (Å²) in [6.07, 6.45) is 6.02. The lowest BCUT2D eigenvalue weighted by Gasteiger charge is -2.27. The quantitative estimate of drug-likeness (QED) is 0.160. The van der Waals surface area contributed by atoms with Gasteiger partial charge >= 0.3 is 0 Å². The lowest BCUT2D eigenvalue weighted by atomic mass is 9.77. The van der Waals surface area contributed by atoms with Crippen molar-refractivity contribution in [1.82, 2.24) is 0 Å². The highest BCUT2D eigenvalue weighted by molar-refractivity contribution is 5.95. The zero-order chi connectivity index (χ0) is 42.5. The van der Waals surface area contributed by atoms with Crippen LogP contribution in [0.25, 0.3) is 72.0 Å². The molecule has 1 atom stereocenters. The van der Waals surface area contributed by atoms with Crippen LogP contribution in [0, 0.1) is 0 Å². The first kappa shape index (κ1) is 38.3. The standard InChI is InChI=1S/C61H47NO/c1-61(2)57-38-48(46-28-25-41-15-6-7-16-44(41)35-46)30-33-53(57)54-34-31-50(39-58(54)61)62-59-21-10-8-20-55(59)52-32-29-47(40-13-4-3-5-14-40)37-56(52)43-26-23-42(24-27-43)45-17-12-18-49(36-45)51-19-9-11-22-60(51)63/h3-29,31-39,48,62-63H,30H2,1-2H3. The van der Waals surface area contributed by atoms with E-state index < -0.39 is 0 Å². The van der Waals surface area contributed by atoms with Gasteiger partial charge in [-0.05, 0) is 126 Å². The van der Waals surface area contributed by atoms with E-state index >= 15 is 0 Å². The summed E-state index contributed by atoms with van der Waals surface area (Å²) in [6, 6.07) is 73.5. The van der Waals surface area contributed by atoms with E-state index in [2.05, 4.69) is 207 Å². The molecular formula is C61H47NO. The highest BCUT2D eigenvalue weighted by Crippen LogP contribution is 2.54. The summed E-state index contributed by atoms with van der Waals surface area (Å²) in [5.74, 6) is 0.635.